The third kappa shape index (κ3) is 5.34. The molecule has 1 N–H and O–H groups in total. The third-order valence-corrected chi connectivity index (χ3v) is 5.28. The van der Waals surface area contributed by atoms with Crippen molar-refractivity contribution in [3.05, 3.63) is 65.5 Å². The fraction of sp³-hybridized carbons (Fsp3) is 0.400. The number of ketones is 1. The molecule has 1 saturated heterocycles. The molecule has 0 bridgehead atoms. The molecule has 2 heterocycles. The second-order valence-electron chi connectivity index (χ2n) is 8.66. The number of ether oxygens (including phenoxy) is 1. The lowest BCUT2D eigenvalue weighted by Crippen LogP contribution is -2.32. The molecule has 7 nitrogen and oxygen atoms in total. The Kier molecular flexibility index (Phi) is 7.64. The molecule has 0 aliphatic carbocycles. The van der Waals surface area contributed by atoms with E-state index in [1.54, 1.807) is 53.7 Å². The molecule has 32 heavy (non-hydrogen) atoms. The van der Waals surface area contributed by atoms with Crippen LogP contribution in [0.25, 0.3) is 5.76 Å². The Hall–Kier alpha value is -3.19. The highest BCUT2D eigenvalue weighted by Crippen LogP contribution is 2.39. The molecule has 7 heteroatoms. The molecule has 1 aliphatic rings. The molecule has 2 aromatic rings. The number of carbonyl (C=O) groups is 2. The molecular weight excluding hydrogens is 406 g/mol. The van der Waals surface area contributed by atoms with Gasteiger partial charge in [0.2, 0.25) is 0 Å². The van der Waals surface area contributed by atoms with Gasteiger partial charge in [-0.05, 0) is 74.9 Å². The summed E-state index contributed by atoms with van der Waals surface area (Å²) in [6, 6.07) is 9.80. The maximum atomic E-state index is 13.0. The monoisotopic (exact) mass is 437 g/mol. The van der Waals surface area contributed by atoms with Crippen LogP contribution in [0, 0.1) is 5.92 Å². The van der Waals surface area contributed by atoms with Gasteiger partial charge in [0.05, 0.1) is 18.2 Å². The van der Waals surface area contributed by atoms with Crippen molar-refractivity contribution in [2.75, 3.05) is 33.8 Å². The molecule has 0 unspecified atom stereocenters. The molecule has 0 spiro atoms. The number of rotatable bonds is 9. The molecule has 3 rings (SSSR count). The van der Waals surface area contributed by atoms with Crippen LogP contribution in [0.4, 0.5) is 0 Å². The van der Waals surface area contributed by atoms with E-state index in [4.69, 9.17) is 4.74 Å². The molecule has 170 valence electrons. The molecular formula is C25H31N3O4. The van der Waals surface area contributed by atoms with Gasteiger partial charge in [-0.3, -0.25) is 14.6 Å². The molecule has 1 atom stereocenters. The van der Waals surface area contributed by atoms with Gasteiger partial charge in [-0.15, -0.1) is 0 Å². The summed E-state index contributed by atoms with van der Waals surface area (Å²) in [4.78, 5) is 33.5. The first-order valence-corrected chi connectivity index (χ1v) is 10.9. The quantitative estimate of drug-likeness (QED) is 0.367. The summed E-state index contributed by atoms with van der Waals surface area (Å²) in [6.07, 6.45) is 3.95. The number of carbonyl (C=O) groups excluding carboxylic acids is 2. The number of amides is 1. The second-order valence-corrected chi connectivity index (χ2v) is 8.66. The SMILES string of the molecule is CC(C)COc1ccc(/C(O)=C2\C(=O)C(=O)N(CCCN(C)C)[C@@H]2c2ccncc2)cc1. The molecule has 1 aromatic carbocycles. The van der Waals surface area contributed by atoms with Gasteiger partial charge in [-0.1, -0.05) is 13.8 Å². The lowest BCUT2D eigenvalue weighted by molar-refractivity contribution is -0.139. The van der Waals surface area contributed by atoms with Crippen molar-refractivity contribution >= 4 is 17.4 Å². The van der Waals surface area contributed by atoms with Gasteiger partial charge in [0.15, 0.2) is 0 Å². The summed E-state index contributed by atoms with van der Waals surface area (Å²) < 4.78 is 5.70. The number of aliphatic hydroxyl groups is 1. The number of benzene rings is 1. The minimum Gasteiger partial charge on any atom is -0.507 e. The Morgan fingerprint density at radius 1 is 1.12 bits per heavy atom. The van der Waals surface area contributed by atoms with Crippen LogP contribution in [0.3, 0.4) is 0 Å². The lowest BCUT2D eigenvalue weighted by atomic mass is 9.96. The van der Waals surface area contributed by atoms with Gasteiger partial charge in [-0.25, -0.2) is 0 Å². The van der Waals surface area contributed by atoms with E-state index >= 15 is 0 Å². The van der Waals surface area contributed by atoms with Crippen molar-refractivity contribution in [1.82, 2.24) is 14.8 Å². The number of aliphatic hydroxyl groups excluding tert-OH is 1. The van der Waals surface area contributed by atoms with Crippen LogP contribution in [0.15, 0.2) is 54.4 Å². The fourth-order valence-corrected chi connectivity index (χ4v) is 3.69. The first-order chi connectivity index (χ1) is 15.3. The number of aromatic nitrogens is 1. The predicted molar refractivity (Wildman–Crippen MR) is 123 cm³/mol. The minimum absolute atomic E-state index is 0.0990. The van der Waals surface area contributed by atoms with E-state index in [2.05, 4.69) is 18.8 Å². The molecule has 1 fully saturated rings. The summed E-state index contributed by atoms with van der Waals surface area (Å²) in [5.74, 6) is -0.369. The number of Topliss-reactive ketones (excluding diaryl/α,β-unsaturated/α-hetero) is 1. The van der Waals surface area contributed by atoms with Crippen molar-refractivity contribution in [3.63, 3.8) is 0 Å². The maximum absolute atomic E-state index is 13.0. The predicted octanol–water partition coefficient (Wildman–Crippen LogP) is 3.49. The Labute approximate surface area is 189 Å². The average Bonchev–Trinajstić information content (AvgIpc) is 3.03. The first-order valence-electron chi connectivity index (χ1n) is 10.9. The highest BCUT2D eigenvalue weighted by Gasteiger charge is 2.45. The Morgan fingerprint density at radius 2 is 1.78 bits per heavy atom. The summed E-state index contributed by atoms with van der Waals surface area (Å²) in [5.41, 5.74) is 1.30. The van der Waals surface area contributed by atoms with E-state index in [0.29, 0.717) is 36.8 Å². The van der Waals surface area contributed by atoms with Crippen molar-refractivity contribution in [2.45, 2.75) is 26.3 Å². The molecule has 1 amide bonds. The summed E-state index contributed by atoms with van der Waals surface area (Å²) in [7, 11) is 3.92. The Morgan fingerprint density at radius 3 is 2.38 bits per heavy atom. The summed E-state index contributed by atoms with van der Waals surface area (Å²) in [5, 5.41) is 11.1. The highest BCUT2D eigenvalue weighted by molar-refractivity contribution is 6.46. The third-order valence-electron chi connectivity index (χ3n) is 5.28. The maximum Gasteiger partial charge on any atom is 0.295 e. The van der Waals surface area contributed by atoms with Crippen LogP contribution in [-0.2, 0) is 9.59 Å². The van der Waals surface area contributed by atoms with Crippen molar-refractivity contribution in [1.29, 1.82) is 0 Å². The van der Waals surface area contributed by atoms with Crippen molar-refractivity contribution < 1.29 is 19.4 Å². The molecule has 1 aliphatic heterocycles. The van der Waals surface area contributed by atoms with Crippen LogP contribution < -0.4 is 4.74 Å². The van der Waals surface area contributed by atoms with Gasteiger partial charge in [-0.2, -0.15) is 0 Å². The Bertz CT molecular complexity index is 968. The summed E-state index contributed by atoms with van der Waals surface area (Å²) in [6.45, 7) is 5.91. The topological polar surface area (TPSA) is 83.0 Å². The van der Waals surface area contributed by atoms with E-state index in [1.807, 2.05) is 19.0 Å². The molecule has 1 aromatic heterocycles. The van der Waals surface area contributed by atoms with E-state index in [0.717, 1.165) is 12.1 Å². The zero-order chi connectivity index (χ0) is 23.3. The second kappa shape index (κ2) is 10.4. The average molecular weight is 438 g/mol. The normalized spacial score (nSPS) is 18.1. The van der Waals surface area contributed by atoms with Gasteiger partial charge < -0.3 is 19.6 Å². The van der Waals surface area contributed by atoms with Gasteiger partial charge in [0.1, 0.15) is 11.5 Å². The number of hydrogen-bond donors (Lipinski definition) is 1. The van der Waals surface area contributed by atoms with E-state index in [9.17, 15) is 14.7 Å². The van der Waals surface area contributed by atoms with Crippen LogP contribution in [-0.4, -0.2) is 65.4 Å². The van der Waals surface area contributed by atoms with E-state index < -0.39 is 17.7 Å². The first kappa shape index (κ1) is 23.5. The van der Waals surface area contributed by atoms with E-state index in [1.165, 1.54) is 0 Å². The Balaban J connectivity index is 1.96. The molecule has 0 radical (unpaired) electrons. The standard InChI is InChI=1S/C25H31N3O4/c1-17(2)16-32-20-8-6-19(7-9-20)23(29)21-22(18-10-12-26-13-11-18)28(25(31)24(21)30)15-5-14-27(3)4/h6-13,17,22,29H,5,14-16H2,1-4H3/b23-21+/t22-/m1/s1. The largest absolute Gasteiger partial charge is 0.507 e. The van der Waals surface area contributed by atoms with Gasteiger partial charge in [0, 0.05) is 24.5 Å². The van der Waals surface area contributed by atoms with Crippen LogP contribution in [0.5, 0.6) is 5.75 Å². The number of likely N-dealkylation sites (tertiary alicyclic amines) is 1. The zero-order valence-electron chi connectivity index (χ0n) is 19.1. The van der Waals surface area contributed by atoms with Crippen molar-refractivity contribution in [3.8, 4) is 5.75 Å². The molecule has 0 saturated carbocycles. The van der Waals surface area contributed by atoms with Gasteiger partial charge >= 0.3 is 0 Å². The smallest absolute Gasteiger partial charge is 0.295 e. The minimum atomic E-state index is -0.672. The highest BCUT2D eigenvalue weighted by atomic mass is 16.5. The number of hydrogen-bond acceptors (Lipinski definition) is 6. The fourth-order valence-electron chi connectivity index (χ4n) is 3.69. The zero-order valence-corrected chi connectivity index (χ0v) is 19.1. The number of nitrogens with zero attached hydrogens (tertiary/aromatic N) is 3. The summed E-state index contributed by atoms with van der Waals surface area (Å²) >= 11 is 0. The van der Waals surface area contributed by atoms with E-state index in [-0.39, 0.29) is 11.3 Å². The van der Waals surface area contributed by atoms with Crippen LogP contribution in [0.1, 0.15) is 37.4 Å². The van der Waals surface area contributed by atoms with Crippen LogP contribution in [0.2, 0.25) is 0 Å². The lowest BCUT2D eigenvalue weighted by Gasteiger charge is -2.25. The van der Waals surface area contributed by atoms with Crippen LogP contribution >= 0.6 is 0 Å². The van der Waals surface area contributed by atoms with Crippen molar-refractivity contribution in [2.24, 2.45) is 5.92 Å². The number of pyridine rings is 1. The van der Waals surface area contributed by atoms with Gasteiger partial charge in [0.25, 0.3) is 11.7 Å².